The summed E-state index contributed by atoms with van der Waals surface area (Å²) < 4.78 is 1.31. The molecule has 2 fully saturated rings. The van der Waals surface area contributed by atoms with Crippen LogP contribution in [0.5, 0.6) is 0 Å². The highest BCUT2D eigenvalue weighted by Gasteiger charge is 2.34. The van der Waals surface area contributed by atoms with Gasteiger partial charge in [0.15, 0.2) is 0 Å². The van der Waals surface area contributed by atoms with Gasteiger partial charge in [-0.25, -0.2) is 0 Å². The quantitative estimate of drug-likeness (QED) is 0.511. The maximum Gasteiger partial charge on any atom is 0.264 e. The van der Waals surface area contributed by atoms with Gasteiger partial charge in [-0.2, -0.15) is 0 Å². The molecular weight excluding hydrogens is 452 g/mol. The number of anilines is 2. The number of carbonyl (C=O) groups is 2. The van der Waals surface area contributed by atoms with Crippen LogP contribution in [0.4, 0.5) is 10.7 Å². The van der Waals surface area contributed by atoms with Crippen molar-refractivity contribution in [2.75, 3.05) is 42.9 Å². The van der Waals surface area contributed by atoms with Crippen LogP contribution in [0.25, 0.3) is 10.1 Å². The molecule has 0 spiro atoms. The van der Waals surface area contributed by atoms with Crippen LogP contribution in [0, 0.1) is 0 Å². The van der Waals surface area contributed by atoms with E-state index in [2.05, 4.69) is 53.0 Å². The van der Waals surface area contributed by atoms with Gasteiger partial charge in [-0.15, -0.1) is 22.7 Å². The molecule has 2 saturated heterocycles. The third kappa shape index (κ3) is 4.39. The molecule has 0 radical (unpaired) electrons. The van der Waals surface area contributed by atoms with E-state index in [1.54, 1.807) is 11.3 Å². The number of hydrogen-bond acceptors (Lipinski definition) is 6. The molecule has 174 valence electrons. The van der Waals surface area contributed by atoms with Gasteiger partial charge < -0.3 is 20.4 Å². The Balaban J connectivity index is 1.23. The molecule has 2 aliphatic heterocycles. The van der Waals surface area contributed by atoms with Crippen molar-refractivity contribution in [3.05, 3.63) is 46.2 Å². The van der Waals surface area contributed by atoms with Gasteiger partial charge in [0.2, 0.25) is 5.91 Å². The molecule has 0 bridgehead atoms. The molecule has 2 N–H and O–H groups in total. The fourth-order valence-corrected chi connectivity index (χ4v) is 6.67. The van der Waals surface area contributed by atoms with Crippen LogP contribution in [0.15, 0.2) is 35.7 Å². The predicted octanol–water partition coefficient (Wildman–Crippen LogP) is 4.74. The zero-order chi connectivity index (χ0) is 22.9. The largest absolute Gasteiger partial charge is 0.372 e. The summed E-state index contributed by atoms with van der Waals surface area (Å²) in [7, 11) is 0. The average Bonchev–Trinajstić information content (AvgIpc) is 3.55. The van der Waals surface area contributed by atoms with Crippen LogP contribution in [-0.4, -0.2) is 55.5 Å². The van der Waals surface area contributed by atoms with Crippen LogP contribution >= 0.6 is 22.7 Å². The first-order chi connectivity index (χ1) is 16.1. The summed E-state index contributed by atoms with van der Waals surface area (Å²) >= 11 is 3.15. The van der Waals surface area contributed by atoms with Crippen molar-refractivity contribution in [3.8, 4) is 0 Å². The predicted molar refractivity (Wildman–Crippen MR) is 138 cm³/mol. The van der Waals surface area contributed by atoms with Crippen LogP contribution in [0.2, 0.25) is 0 Å². The van der Waals surface area contributed by atoms with Gasteiger partial charge in [0.1, 0.15) is 0 Å². The second-order valence-corrected chi connectivity index (χ2v) is 10.7. The monoisotopic (exact) mass is 482 g/mol. The topological polar surface area (TPSA) is 64.7 Å². The van der Waals surface area contributed by atoms with Crippen molar-refractivity contribution < 1.29 is 9.59 Å². The van der Waals surface area contributed by atoms with Gasteiger partial charge in [-0.1, -0.05) is 0 Å². The second kappa shape index (κ2) is 9.44. The first-order valence-electron chi connectivity index (χ1n) is 11.8. The summed E-state index contributed by atoms with van der Waals surface area (Å²) in [5.74, 6) is 0.423. The molecule has 4 heterocycles. The zero-order valence-corrected chi connectivity index (χ0v) is 20.7. The van der Waals surface area contributed by atoms with E-state index in [4.69, 9.17) is 0 Å². The average molecular weight is 483 g/mol. The molecule has 0 aliphatic carbocycles. The number of thiophene rings is 2. The van der Waals surface area contributed by atoms with Gasteiger partial charge in [-0.05, 0) is 79.9 Å². The third-order valence-electron chi connectivity index (χ3n) is 6.76. The molecular formula is C25H30N4O2S2. The van der Waals surface area contributed by atoms with E-state index < -0.39 is 0 Å². The Hall–Kier alpha value is -2.42. The lowest BCUT2D eigenvalue weighted by atomic mass is 9.91. The summed E-state index contributed by atoms with van der Waals surface area (Å²) in [5, 5.41) is 10.5. The Labute approximate surface area is 202 Å². The lowest BCUT2D eigenvalue weighted by Gasteiger charge is -2.39. The minimum atomic E-state index is -0.120. The third-order valence-corrected chi connectivity index (χ3v) is 8.73. The fourth-order valence-electron chi connectivity index (χ4n) is 4.77. The van der Waals surface area contributed by atoms with E-state index in [0.29, 0.717) is 10.8 Å². The van der Waals surface area contributed by atoms with E-state index in [1.807, 2.05) is 17.0 Å². The summed E-state index contributed by atoms with van der Waals surface area (Å²) in [6, 6.07) is 10.3. The van der Waals surface area contributed by atoms with E-state index in [-0.39, 0.29) is 17.9 Å². The second-order valence-electron chi connectivity index (χ2n) is 8.75. The number of benzene rings is 1. The van der Waals surface area contributed by atoms with Crippen molar-refractivity contribution in [2.45, 2.75) is 38.6 Å². The van der Waals surface area contributed by atoms with Crippen molar-refractivity contribution in [3.63, 3.8) is 0 Å². The summed E-state index contributed by atoms with van der Waals surface area (Å²) in [5.41, 5.74) is 2.62. The molecule has 6 nitrogen and oxygen atoms in total. The number of fused-ring (bicyclic) bond motifs is 1. The van der Waals surface area contributed by atoms with E-state index in [9.17, 15) is 9.59 Å². The maximum atomic E-state index is 13.0. The Bertz CT molecular complexity index is 1150. The summed E-state index contributed by atoms with van der Waals surface area (Å²) in [4.78, 5) is 30.3. The van der Waals surface area contributed by atoms with Crippen LogP contribution in [0.3, 0.4) is 0 Å². The fraction of sp³-hybridized carbons (Fsp3) is 0.440. The first-order valence-corrected chi connectivity index (χ1v) is 13.5. The lowest BCUT2D eigenvalue weighted by molar-refractivity contribution is -0.117. The van der Waals surface area contributed by atoms with Gasteiger partial charge in [0.25, 0.3) is 5.91 Å². The normalized spacial score (nSPS) is 18.5. The maximum absolute atomic E-state index is 13.0. The Kier molecular flexibility index (Phi) is 6.40. The number of nitrogens with one attached hydrogen (secondary N) is 2. The number of rotatable bonds is 7. The molecule has 2 amide bonds. The van der Waals surface area contributed by atoms with Gasteiger partial charge in [-0.3, -0.25) is 9.59 Å². The van der Waals surface area contributed by atoms with E-state index >= 15 is 0 Å². The van der Waals surface area contributed by atoms with Crippen molar-refractivity contribution >= 4 is 55.3 Å². The Morgan fingerprint density at radius 1 is 1.18 bits per heavy atom. The highest BCUT2D eigenvalue weighted by molar-refractivity contribution is 7.18. The minimum absolute atomic E-state index is 0.00854. The van der Waals surface area contributed by atoms with Gasteiger partial charge in [0, 0.05) is 42.5 Å². The van der Waals surface area contributed by atoms with E-state index in [1.165, 1.54) is 32.7 Å². The van der Waals surface area contributed by atoms with Crippen LogP contribution in [-0.2, 0) is 4.79 Å². The SMILES string of the molecule is CCN(CC)c1ccc2scc(C3CN(C(=O)c4ccc(NC(=O)[C@@H]5CCCN5)s4)C3)c2c1. The van der Waals surface area contributed by atoms with Crippen LogP contribution in [0.1, 0.15) is 47.8 Å². The van der Waals surface area contributed by atoms with E-state index in [0.717, 1.165) is 50.6 Å². The smallest absolute Gasteiger partial charge is 0.264 e. The molecule has 8 heteroatoms. The highest BCUT2D eigenvalue weighted by Crippen LogP contribution is 2.39. The van der Waals surface area contributed by atoms with Crippen LogP contribution < -0.4 is 15.5 Å². The molecule has 1 aromatic carbocycles. The molecule has 5 rings (SSSR count). The molecule has 2 aliphatic rings. The molecule has 3 aromatic rings. The number of nitrogens with zero attached hydrogens (tertiary/aromatic N) is 2. The van der Waals surface area contributed by atoms with Crippen molar-refractivity contribution in [2.24, 2.45) is 0 Å². The minimum Gasteiger partial charge on any atom is -0.372 e. The molecule has 2 aromatic heterocycles. The summed E-state index contributed by atoms with van der Waals surface area (Å²) in [6.45, 7) is 8.73. The Morgan fingerprint density at radius 3 is 2.73 bits per heavy atom. The van der Waals surface area contributed by atoms with Crippen molar-refractivity contribution in [1.82, 2.24) is 10.2 Å². The standard InChI is InChI=1S/C25H30N4O2S2/c1-3-28(4-2)17-7-8-21-18(12-17)19(15-32-21)16-13-29(14-16)25(31)22-9-10-23(33-22)27-24(30)20-6-5-11-26-20/h7-10,12,15-16,20,26H,3-6,11,13-14H2,1-2H3,(H,27,30)/t20-/m0/s1. The molecule has 33 heavy (non-hydrogen) atoms. The summed E-state index contributed by atoms with van der Waals surface area (Å²) in [6.07, 6.45) is 1.89. The number of carbonyl (C=O) groups excluding carboxylic acids is 2. The van der Waals surface area contributed by atoms with Gasteiger partial charge in [0.05, 0.1) is 15.9 Å². The number of likely N-dealkylation sites (tertiary alicyclic amines) is 1. The molecule has 0 unspecified atom stereocenters. The zero-order valence-electron chi connectivity index (χ0n) is 19.1. The number of amides is 2. The Morgan fingerprint density at radius 2 is 2.00 bits per heavy atom. The molecule has 1 atom stereocenters. The lowest BCUT2D eigenvalue weighted by Crippen LogP contribution is -2.48. The van der Waals surface area contributed by atoms with Crippen molar-refractivity contribution in [1.29, 1.82) is 0 Å². The van der Waals surface area contributed by atoms with Gasteiger partial charge >= 0.3 is 0 Å². The highest BCUT2D eigenvalue weighted by atomic mass is 32.1. The molecule has 0 saturated carbocycles. The first kappa shape index (κ1) is 22.4. The number of hydrogen-bond donors (Lipinski definition) is 2.